The first-order valence-corrected chi connectivity index (χ1v) is 9.61. The van der Waals surface area contributed by atoms with Crippen LogP contribution in [0.15, 0.2) is 24.8 Å². The maximum atomic E-state index is 13.0. The summed E-state index contributed by atoms with van der Waals surface area (Å²) in [6.07, 6.45) is 5.81. The molecule has 0 bridgehead atoms. The maximum Gasteiger partial charge on any atom is 0.272 e. The summed E-state index contributed by atoms with van der Waals surface area (Å²) < 4.78 is 3.52. The van der Waals surface area contributed by atoms with Gasteiger partial charge in [0, 0.05) is 32.5 Å². The summed E-state index contributed by atoms with van der Waals surface area (Å²) in [5.74, 6) is 1.29. The lowest BCUT2D eigenvalue weighted by Gasteiger charge is -2.34. The van der Waals surface area contributed by atoms with Gasteiger partial charge in [-0.1, -0.05) is 13.8 Å². The molecular formula is C19H25N7O2. The Balaban J connectivity index is 1.48. The number of likely N-dealkylation sites (tertiary alicyclic amines) is 1. The number of carbonyl (C=O) groups is 1. The number of aryl methyl sites for hydroxylation is 1. The minimum atomic E-state index is -0.615. The number of fused-ring (bicyclic) bond motifs is 1. The fourth-order valence-electron chi connectivity index (χ4n) is 3.81. The third kappa shape index (κ3) is 3.26. The first-order chi connectivity index (χ1) is 13.5. The molecule has 0 radical (unpaired) electrons. The molecule has 148 valence electrons. The third-order valence-electron chi connectivity index (χ3n) is 5.49. The molecule has 1 saturated heterocycles. The topological polar surface area (TPSA) is 101 Å². The van der Waals surface area contributed by atoms with Gasteiger partial charge < -0.3 is 14.6 Å². The van der Waals surface area contributed by atoms with Crippen LogP contribution in [0.4, 0.5) is 0 Å². The predicted molar refractivity (Wildman–Crippen MR) is 102 cm³/mol. The summed E-state index contributed by atoms with van der Waals surface area (Å²) in [6, 6.07) is 1.81. The van der Waals surface area contributed by atoms with Crippen LogP contribution in [0, 0.1) is 5.92 Å². The third-order valence-corrected chi connectivity index (χ3v) is 5.49. The number of aliphatic hydroxyl groups excluding tert-OH is 1. The van der Waals surface area contributed by atoms with Crippen molar-refractivity contribution >= 4 is 11.7 Å². The van der Waals surface area contributed by atoms with Gasteiger partial charge >= 0.3 is 0 Å². The molecule has 0 aliphatic carbocycles. The predicted octanol–water partition coefficient (Wildman–Crippen LogP) is 1.57. The van der Waals surface area contributed by atoms with Crippen molar-refractivity contribution in [3.05, 3.63) is 42.0 Å². The van der Waals surface area contributed by atoms with Crippen molar-refractivity contribution in [3.8, 4) is 0 Å². The number of nitrogens with zero attached hydrogens (tertiary/aromatic N) is 7. The second-order valence-corrected chi connectivity index (χ2v) is 7.66. The number of piperidine rings is 1. The molecule has 0 unspecified atom stereocenters. The van der Waals surface area contributed by atoms with Crippen molar-refractivity contribution in [2.45, 2.75) is 38.7 Å². The Morgan fingerprint density at radius 2 is 2.00 bits per heavy atom. The van der Waals surface area contributed by atoms with Crippen LogP contribution in [-0.2, 0) is 7.05 Å². The second-order valence-electron chi connectivity index (χ2n) is 7.66. The molecule has 0 saturated carbocycles. The van der Waals surface area contributed by atoms with E-state index in [0.717, 1.165) is 18.5 Å². The van der Waals surface area contributed by atoms with Crippen LogP contribution in [-0.4, -0.2) is 58.1 Å². The summed E-state index contributed by atoms with van der Waals surface area (Å²) in [5, 5.41) is 14.8. The maximum absolute atomic E-state index is 13.0. The van der Waals surface area contributed by atoms with Crippen LogP contribution in [0.5, 0.6) is 0 Å². The van der Waals surface area contributed by atoms with E-state index in [9.17, 15) is 9.90 Å². The number of hydrogen-bond acceptors (Lipinski definition) is 6. The zero-order valence-corrected chi connectivity index (χ0v) is 16.4. The molecule has 9 nitrogen and oxygen atoms in total. The van der Waals surface area contributed by atoms with Crippen LogP contribution in [0.2, 0.25) is 0 Å². The molecule has 0 spiro atoms. The second kappa shape index (κ2) is 7.31. The molecule has 1 aliphatic heterocycles. The Labute approximate surface area is 163 Å². The van der Waals surface area contributed by atoms with E-state index in [4.69, 9.17) is 0 Å². The zero-order valence-electron chi connectivity index (χ0n) is 16.4. The highest BCUT2D eigenvalue weighted by molar-refractivity contribution is 5.92. The van der Waals surface area contributed by atoms with E-state index in [1.807, 2.05) is 23.9 Å². The molecular weight excluding hydrogens is 358 g/mol. The van der Waals surface area contributed by atoms with E-state index < -0.39 is 6.10 Å². The SMILES string of the molecule is CC(C)c1cc(C(=O)N2CCC([C@@H](O)c3nccn3C)CC2)nc2ncnn12. The van der Waals surface area contributed by atoms with E-state index >= 15 is 0 Å². The number of imidazole rings is 1. The quantitative estimate of drug-likeness (QED) is 0.734. The Bertz CT molecular complexity index is 985. The van der Waals surface area contributed by atoms with Crippen LogP contribution in [0.25, 0.3) is 5.78 Å². The van der Waals surface area contributed by atoms with Crippen molar-refractivity contribution in [1.29, 1.82) is 0 Å². The summed E-state index contributed by atoms with van der Waals surface area (Å²) in [4.78, 5) is 27.6. The zero-order chi connectivity index (χ0) is 19.8. The fraction of sp³-hybridized carbons (Fsp3) is 0.526. The Morgan fingerprint density at radius 3 is 2.64 bits per heavy atom. The van der Waals surface area contributed by atoms with Gasteiger partial charge in [0.15, 0.2) is 0 Å². The smallest absolute Gasteiger partial charge is 0.272 e. The molecule has 9 heteroatoms. The molecule has 0 aromatic carbocycles. The largest absolute Gasteiger partial charge is 0.385 e. The number of aliphatic hydroxyl groups is 1. The molecule has 3 aromatic rings. The molecule has 1 atom stereocenters. The molecule has 1 aliphatic rings. The number of aromatic nitrogens is 6. The van der Waals surface area contributed by atoms with Crippen LogP contribution in [0.3, 0.4) is 0 Å². The van der Waals surface area contributed by atoms with Crippen molar-refractivity contribution < 1.29 is 9.90 Å². The molecule has 1 N–H and O–H groups in total. The van der Waals surface area contributed by atoms with Gasteiger partial charge in [0.25, 0.3) is 11.7 Å². The minimum Gasteiger partial charge on any atom is -0.385 e. The minimum absolute atomic E-state index is 0.0864. The van der Waals surface area contributed by atoms with E-state index in [1.165, 1.54) is 6.33 Å². The molecule has 28 heavy (non-hydrogen) atoms. The lowest BCUT2D eigenvalue weighted by Crippen LogP contribution is -2.40. The molecule has 1 amide bonds. The Kier molecular flexibility index (Phi) is 4.84. The first kappa shape index (κ1) is 18.5. The van der Waals surface area contributed by atoms with Crippen LogP contribution >= 0.6 is 0 Å². The number of carbonyl (C=O) groups excluding carboxylic acids is 1. The van der Waals surface area contributed by atoms with Gasteiger partial charge in [0.2, 0.25) is 0 Å². The monoisotopic (exact) mass is 383 g/mol. The summed E-state index contributed by atoms with van der Waals surface area (Å²) in [5.41, 5.74) is 1.30. The van der Waals surface area contributed by atoms with E-state index in [0.29, 0.717) is 30.4 Å². The highest BCUT2D eigenvalue weighted by Crippen LogP contribution is 2.30. The Morgan fingerprint density at radius 1 is 1.25 bits per heavy atom. The van der Waals surface area contributed by atoms with Gasteiger partial charge in [0.05, 0.1) is 5.69 Å². The van der Waals surface area contributed by atoms with E-state index in [-0.39, 0.29) is 17.7 Å². The van der Waals surface area contributed by atoms with Gasteiger partial charge in [-0.3, -0.25) is 4.79 Å². The normalized spacial score (nSPS) is 16.8. The van der Waals surface area contributed by atoms with Crippen LogP contribution < -0.4 is 0 Å². The average Bonchev–Trinajstić information content (AvgIpc) is 3.34. The first-order valence-electron chi connectivity index (χ1n) is 9.61. The number of rotatable bonds is 4. The molecule has 4 heterocycles. The summed E-state index contributed by atoms with van der Waals surface area (Å²) in [6.45, 7) is 5.27. The Hall–Kier alpha value is -2.81. The summed E-state index contributed by atoms with van der Waals surface area (Å²) in [7, 11) is 1.88. The van der Waals surface area contributed by atoms with Crippen molar-refractivity contribution in [3.63, 3.8) is 0 Å². The standard InChI is InChI=1S/C19H25N7O2/c1-12(2)15-10-14(23-19-21-11-22-26(15)19)18(28)25-7-4-13(5-8-25)16(27)17-20-6-9-24(17)3/h6,9-13,16,27H,4-5,7-8H2,1-3H3/t16-/m1/s1. The average molecular weight is 383 g/mol. The number of amides is 1. The lowest BCUT2D eigenvalue weighted by molar-refractivity contribution is 0.0417. The molecule has 1 fully saturated rings. The van der Waals surface area contributed by atoms with E-state index in [1.54, 1.807) is 15.6 Å². The van der Waals surface area contributed by atoms with Gasteiger partial charge in [-0.25, -0.2) is 14.5 Å². The molecule has 4 rings (SSSR count). The van der Waals surface area contributed by atoms with E-state index in [2.05, 4.69) is 33.9 Å². The van der Waals surface area contributed by atoms with Crippen molar-refractivity contribution in [1.82, 2.24) is 34.0 Å². The summed E-state index contributed by atoms with van der Waals surface area (Å²) >= 11 is 0. The van der Waals surface area contributed by atoms with Crippen molar-refractivity contribution in [2.75, 3.05) is 13.1 Å². The van der Waals surface area contributed by atoms with Gasteiger partial charge in [-0.15, -0.1) is 0 Å². The van der Waals surface area contributed by atoms with Gasteiger partial charge in [0.1, 0.15) is 23.9 Å². The molecule has 3 aromatic heterocycles. The van der Waals surface area contributed by atoms with Gasteiger partial charge in [-0.2, -0.15) is 10.1 Å². The van der Waals surface area contributed by atoms with Gasteiger partial charge in [-0.05, 0) is 30.7 Å². The number of hydrogen-bond donors (Lipinski definition) is 1. The van der Waals surface area contributed by atoms with Crippen LogP contribution in [0.1, 0.15) is 60.7 Å². The van der Waals surface area contributed by atoms with Crippen molar-refractivity contribution in [2.24, 2.45) is 13.0 Å². The lowest BCUT2D eigenvalue weighted by atomic mass is 9.90. The highest BCUT2D eigenvalue weighted by atomic mass is 16.3. The fourth-order valence-corrected chi connectivity index (χ4v) is 3.81. The highest BCUT2D eigenvalue weighted by Gasteiger charge is 2.31.